The molecule has 166 valence electrons. The molecule has 7 nitrogen and oxygen atoms in total. The maximum Gasteiger partial charge on any atom is 0.417 e. The van der Waals surface area contributed by atoms with Crippen molar-refractivity contribution in [2.75, 3.05) is 4.72 Å². The van der Waals surface area contributed by atoms with E-state index in [9.17, 15) is 13.2 Å². The highest BCUT2D eigenvalue weighted by atomic mass is 32.2. The van der Waals surface area contributed by atoms with Gasteiger partial charge in [-0.05, 0) is 43.0 Å². The molecule has 3 N–H and O–H groups in total. The second kappa shape index (κ2) is 9.28. The summed E-state index contributed by atoms with van der Waals surface area (Å²) in [6.07, 6.45) is 7.80. The Morgan fingerprint density at radius 1 is 1.13 bits per heavy atom. The molecule has 0 aliphatic heterocycles. The lowest BCUT2D eigenvalue weighted by molar-refractivity contribution is 0.305. The Hall–Kier alpha value is -2.58. The molecule has 31 heavy (non-hydrogen) atoms. The summed E-state index contributed by atoms with van der Waals surface area (Å²) in [5.41, 5.74) is 2.09. The summed E-state index contributed by atoms with van der Waals surface area (Å²) < 4.78 is 33.6. The number of para-hydroxylation sites is 1. The molecule has 0 bridgehead atoms. The fraction of sp³-hybridized carbons (Fsp3) is 0.435. The predicted molar refractivity (Wildman–Crippen MR) is 122 cm³/mol. The van der Waals surface area contributed by atoms with Crippen LogP contribution in [0.1, 0.15) is 51.0 Å². The number of hydrogen-bond acceptors (Lipinski definition) is 5. The Kier molecular flexibility index (Phi) is 6.48. The van der Waals surface area contributed by atoms with Crippen molar-refractivity contribution in [3.8, 4) is 0 Å². The van der Waals surface area contributed by atoms with Gasteiger partial charge in [0.05, 0.1) is 16.1 Å². The Bertz CT molecular complexity index is 1190. The zero-order chi connectivity index (χ0) is 21.8. The van der Waals surface area contributed by atoms with Gasteiger partial charge in [-0.2, -0.15) is 0 Å². The highest BCUT2D eigenvalue weighted by molar-refractivity contribution is 7.92. The summed E-state index contributed by atoms with van der Waals surface area (Å²) in [6.45, 7) is 2.78. The van der Waals surface area contributed by atoms with Crippen LogP contribution in [0.4, 0.5) is 5.69 Å². The summed E-state index contributed by atoms with van der Waals surface area (Å²) in [6, 6.07) is 12.1. The minimum absolute atomic E-state index is 0.0381. The molecular formula is C23H29N3O4S. The van der Waals surface area contributed by atoms with Crippen LogP contribution in [0.15, 0.2) is 56.6 Å². The number of fused-ring (bicyclic) bond motifs is 1. The van der Waals surface area contributed by atoms with Crippen LogP contribution in [-0.4, -0.2) is 19.4 Å². The molecule has 0 saturated heterocycles. The van der Waals surface area contributed by atoms with E-state index in [1.165, 1.54) is 50.3 Å². The normalized spacial score (nSPS) is 16.4. The molecule has 1 aromatic heterocycles. The summed E-state index contributed by atoms with van der Waals surface area (Å²) in [4.78, 5) is 13.9. The molecular weight excluding hydrogens is 414 g/mol. The number of sulfonamides is 1. The van der Waals surface area contributed by atoms with Crippen molar-refractivity contribution in [3.05, 3.63) is 58.6 Å². The molecule has 1 aliphatic carbocycles. The van der Waals surface area contributed by atoms with Crippen LogP contribution in [-0.2, 0) is 16.6 Å². The molecule has 1 atom stereocenters. The first-order chi connectivity index (χ1) is 14.9. The monoisotopic (exact) mass is 443 g/mol. The smallest absolute Gasteiger partial charge is 0.408 e. The molecule has 0 radical (unpaired) electrons. The number of H-pyrrole nitrogens is 1. The van der Waals surface area contributed by atoms with Crippen LogP contribution in [0.3, 0.4) is 0 Å². The summed E-state index contributed by atoms with van der Waals surface area (Å²) in [5.74, 6) is 0.171. The maximum atomic E-state index is 12.9. The van der Waals surface area contributed by atoms with E-state index in [0.29, 0.717) is 23.8 Å². The van der Waals surface area contributed by atoms with Gasteiger partial charge in [-0.1, -0.05) is 50.3 Å². The molecule has 1 heterocycles. The number of benzene rings is 2. The summed E-state index contributed by atoms with van der Waals surface area (Å²) in [7, 11) is -3.83. The zero-order valence-electron chi connectivity index (χ0n) is 17.7. The minimum Gasteiger partial charge on any atom is -0.408 e. The Morgan fingerprint density at radius 2 is 1.90 bits per heavy atom. The fourth-order valence-corrected chi connectivity index (χ4v) is 5.48. The van der Waals surface area contributed by atoms with E-state index in [1.54, 1.807) is 12.1 Å². The van der Waals surface area contributed by atoms with Crippen LogP contribution in [0, 0.1) is 5.92 Å². The lowest BCUT2D eigenvalue weighted by atomic mass is 9.85. The molecule has 1 unspecified atom stereocenters. The van der Waals surface area contributed by atoms with E-state index in [4.69, 9.17) is 4.42 Å². The van der Waals surface area contributed by atoms with Gasteiger partial charge in [-0.25, -0.2) is 13.2 Å². The van der Waals surface area contributed by atoms with Crippen LogP contribution in [0.2, 0.25) is 0 Å². The van der Waals surface area contributed by atoms with E-state index >= 15 is 0 Å². The first kappa shape index (κ1) is 21.6. The molecule has 1 saturated carbocycles. The molecule has 3 aromatic rings. The van der Waals surface area contributed by atoms with Gasteiger partial charge < -0.3 is 9.73 Å². The largest absolute Gasteiger partial charge is 0.417 e. The fourth-order valence-electron chi connectivity index (χ4n) is 4.36. The molecule has 8 heteroatoms. The number of aromatic nitrogens is 1. The number of hydrogen-bond donors (Lipinski definition) is 3. The SMILES string of the molecule is CC(CC1CCCCC1)NCc1ccccc1NS(=O)(=O)c1ccc2[nH]c(=O)oc2c1. The zero-order valence-corrected chi connectivity index (χ0v) is 18.5. The van der Waals surface area contributed by atoms with Crippen LogP contribution >= 0.6 is 0 Å². The lowest BCUT2D eigenvalue weighted by Gasteiger charge is -2.25. The number of aromatic amines is 1. The molecule has 1 fully saturated rings. The van der Waals surface area contributed by atoms with Gasteiger partial charge in [-0.15, -0.1) is 0 Å². The van der Waals surface area contributed by atoms with Crippen molar-refractivity contribution in [2.45, 2.75) is 62.9 Å². The molecule has 0 spiro atoms. The summed E-state index contributed by atoms with van der Waals surface area (Å²) in [5, 5.41) is 3.55. The highest BCUT2D eigenvalue weighted by Crippen LogP contribution is 2.28. The van der Waals surface area contributed by atoms with Crippen molar-refractivity contribution in [3.63, 3.8) is 0 Å². The van der Waals surface area contributed by atoms with Crippen molar-refractivity contribution in [1.82, 2.24) is 10.3 Å². The third-order valence-electron chi connectivity index (χ3n) is 6.02. The maximum absolute atomic E-state index is 12.9. The van der Waals surface area contributed by atoms with Crippen LogP contribution in [0.25, 0.3) is 11.1 Å². The van der Waals surface area contributed by atoms with Gasteiger partial charge in [0.1, 0.15) is 0 Å². The topological polar surface area (TPSA) is 104 Å². The number of rotatable bonds is 8. The highest BCUT2D eigenvalue weighted by Gasteiger charge is 2.19. The van der Waals surface area contributed by atoms with Crippen molar-refractivity contribution < 1.29 is 12.8 Å². The number of oxazole rings is 1. The first-order valence-electron chi connectivity index (χ1n) is 10.9. The van der Waals surface area contributed by atoms with Crippen molar-refractivity contribution in [1.29, 1.82) is 0 Å². The second-order valence-electron chi connectivity index (χ2n) is 8.46. The van der Waals surface area contributed by atoms with Gasteiger partial charge >= 0.3 is 5.76 Å². The van der Waals surface area contributed by atoms with Crippen LogP contribution in [0.5, 0.6) is 0 Å². The van der Waals surface area contributed by atoms with Crippen LogP contribution < -0.4 is 15.8 Å². The quantitative estimate of drug-likeness (QED) is 0.480. The third-order valence-corrected chi connectivity index (χ3v) is 7.38. The van der Waals surface area contributed by atoms with Gasteiger partial charge in [0.15, 0.2) is 5.58 Å². The standard InChI is InChI=1S/C23H29N3O4S/c1-16(13-17-7-3-2-4-8-17)24-15-18-9-5-6-10-20(18)26-31(28,29)19-11-12-21-22(14-19)30-23(27)25-21/h5-6,9-12,14,16-17,24,26H,2-4,7-8,13,15H2,1H3,(H,25,27). The average Bonchev–Trinajstić information content (AvgIpc) is 3.13. The molecule has 1 aliphatic rings. The van der Waals surface area contributed by atoms with Gasteiger partial charge in [0.2, 0.25) is 0 Å². The Balaban J connectivity index is 1.45. The van der Waals surface area contributed by atoms with Crippen molar-refractivity contribution in [2.24, 2.45) is 5.92 Å². The molecule has 0 amide bonds. The summed E-state index contributed by atoms with van der Waals surface area (Å²) >= 11 is 0. The van der Waals surface area contributed by atoms with Gasteiger partial charge in [0.25, 0.3) is 10.0 Å². The first-order valence-corrected chi connectivity index (χ1v) is 12.4. The second-order valence-corrected chi connectivity index (χ2v) is 10.1. The lowest BCUT2D eigenvalue weighted by Crippen LogP contribution is -2.29. The Morgan fingerprint density at radius 3 is 2.71 bits per heavy atom. The Labute approximate surface area is 182 Å². The molecule has 4 rings (SSSR count). The van der Waals surface area contributed by atoms with E-state index < -0.39 is 15.8 Å². The van der Waals surface area contributed by atoms with Gasteiger partial charge in [-0.3, -0.25) is 9.71 Å². The minimum atomic E-state index is -3.83. The van der Waals surface area contributed by atoms with E-state index in [2.05, 4.69) is 21.9 Å². The number of nitrogens with one attached hydrogen (secondary N) is 3. The van der Waals surface area contributed by atoms with Gasteiger partial charge in [0, 0.05) is 18.7 Å². The van der Waals surface area contributed by atoms with E-state index in [-0.39, 0.29) is 10.5 Å². The van der Waals surface area contributed by atoms with E-state index in [1.807, 2.05) is 12.1 Å². The third kappa shape index (κ3) is 5.37. The number of anilines is 1. The van der Waals surface area contributed by atoms with E-state index in [0.717, 1.165) is 17.9 Å². The average molecular weight is 444 g/mol. The van der Waals surface area contributed by atoms with Crippen molar-refractivity contribution >= 4 is 26.8 Å². The predicted octanol–water partition coefficient (Wildman–Crippen LogP) is 4.37. The molecule has 2 aromatic carbocycles.